The van der Waals surface area contributed by atoms with E-state index in [1.807, 2.05) is 48.5 Å². The van der Waals surface area contributed by atoms with Gasteiger partial charge in [-0.3, -0.25) is 4.90 Å². The first kappa shape index (κ1) is 21.0. The molecule has 0 N–H and O–H groups in total. The lowest BCUT2D eigenvalue weighted by Gasteiger charge is -2.43. The minimum absolute atomic E-state index is 0.193. The number of rotatable bonds is 9. The maximum atomic E-state index is 13.3. The van der Waals surface area contributed by atoms with E-state index in [0.29, 0.717) is 19.1 Å². The molecule has 28 heavy (non-hydrogen) atoms. The molecule has 1 atom stereocenters. The van der Waals surface area contributed by atoms with E-state index in [2.05, 4.69) is 23.1 Å². The summed E-state index contributed by atoms with van der Waals surface area (Å²) in [5.74, 6) is 1.66. The lowest BCUT2D eigenvalue weighted by Crippen LogP contribution is -2.59. The number of hydrogen-bond donors (Lipinski definition) is 0. The Hall–Kier alpha value is -1.73. The Morgan fingerprint density at radius 3 is 1.71 bits per heavy atom. The summed E-state index contributed by atoms with van der Waals surface area (Å²) >= 11 is -1.04. The van der Waals surface area contributed by atoms with Crippen molar-refractivity contribution in [2.75, 3.05) is 27.3 Å². The monoisotopic (exact) mass is 402 g/mol. The Kier molecular flexibility index (Phi) is 7.24. The molecule has 3 rings (SSSR count). The second kappa shape index (κ2) is 9.65. The molecular formula is C22H30N2O3S. The first-order chi connectivity index (χ1) is 13.5. The fourth-order valence-corrected chi connectivity index (χ4v) is 4.89. The quantitative estimate of drug-likeness (QED) is 0.601. The first-order valence-electron chi connectivity index (χ1n) is 9.65. The van der Waals surface area contributed by atoms with Crippen LogP contribution in [0.5, 0.6) is 11.5 Å². The predicted octanol–water partition coefficient (Wildman–Crippen LogP) is 3.46. The van der Waals surface area contributed by atoms with Gasteiger partial charge in [-0.05, 0) is 49.2 Å². The number of ether oxygens (including phenoxy) is 2. The van der Waals surface area contributed by atoms with E-state index in [9.17, 15) is 4.55 Å². The highest BCUT2D eigenvalue weighted by atomic mass is 32.2. The average Bonchev–Trinajstić information content (AvgIpc) is 2.67. The van der Waals surface area contributed by atoms with Crippen LogP contribution in [0.2, 0.25) is 0 Å². The zero-order valence-corrected chi connectivity index (χ0v) is 17.9. The van der Waals surface area contributed by atoms with E-state index in [4.69, 9.17) is 9.47 Å². The molecule has 0 saturated carbocycles. The third kappa shape index (κ3) is 5.20. The van der Waals surface area contributed by atoms with Crippen LogP contribution in [0.4, 0.5) is 0 Å². The number of benzene rings is 2. The molecule has 1 aliphatic heterocycles. The summed E-state index contributed by atoms with van der Waals surface area (Å²) in [5, 5.41) is 0.193. The van der Waals surface area contributed by atoms with Crippen molar-refractivity contribution in [3.05, 3.63) is 59.7 Å². The Morgan fingerprint density at radius 1 is 0.929 bits per heavy atom. The SMILES string of the molecule is COc1ccc(CN(Cc2ccc(OC)cc2)[S+]([O-])C2CN(C(C)C)C2)cc1. The van der Waals surface area contributed by atoms with Gasteiger partial charge < -0.3 is 14.0 Å². The van der Waals surface area contributed by atoms with Gasteiger partial charge in [0.15, 0.2) is 5.25 Å². The highest BCUT2D eigenvalue weighted by molar-refractivity contribution is 7.89. The van der Waals surface area contributed by atoms with Crippen LogP contribution in [-0.2, 0) is 24.5 Å². The van der Waals surface area contributed by atoms with Crippen molar-refractivity contribution in [2.24, 2.45) is 0 Å². The molecule has 0 spiro atoms. The van der Waals surface area contributed by atoms with Gasteiger partial charge in [0.25, 0.3) is 0 Å². The molecule has 5 nitrogen and oxygen atoms in total. The van der Waals surface area contributed by atoms with Gasteiger partial charge in [-0.25, -0.2) is 0 Å². The highest BCUT2D eigenvalue weighted by Gasteiger charge is 2.40. The van der Waals surface area contributed by atoms with Crippen molar-refractivity contribution in [1.29, 1.82) is 0 Å². The molecule has 1 fully saturated rings. The van der Waals surface area contributed by atoms with Crippen LogP contribution >= 0.6 is 0 Å². The predicted molar refractivity (Wildman–Crippen MR) is 114 cm³/mol. The Labute approximate surface area is 171 Å². The molecule has 1 heterocycles. The summed E-state index contributed by atoms with van der Waals surface area (Å²) in [7, 11) is 3.33. The van der Waals surface area contributed by atoms with E-state index in [1.165, 1.54) is 0 Å². The van der Waals surface area contributed by atoms with Crippen LogP contribution in [0, 0.1) is 0 Å². The molecule has 2 aromatic rings. The second-order valence-corrected chi connectivity index (χ2v) is 9.18. The van der Waals surface area contributed by atoms with Crippen molar-refractivity contribution in [1.82, 2.24) is 9.21 Å². The third-order valence-corrected chi connectivity index (χ3v) is 6.82. The van der Waals surface area contributed by atoms with Crippen LogP contribution in [0.15, 0.2) is 48.5 Å². The molecule has 6 heteroatoms. The van der Waals surface area contributed by atoms with Crippen LogP contribution in [-0.4, -0.2) is 52.4 Å². The van der Waals surface area contributed by atoms with E-state index < -0.39 is 11.4 Å². The second-order valence-electron chi connectivity index (χ2n) is 7.44. The molecular weight excluding hydrogens is 372 g/mol. The summed E-state index contributed by atoms with van der Waals surface area (Å²) in [6, 6.07) is 16.5. The van der Waals surface area contributed by atoms with Crippen LogP contribution in [0.25, 0.3) is 0 Å². The fraction of sp³-hybridized carbons (Fsp3) is 0.455. The molecule has 1 unspecified atom stereocenters. The highest BCUT2D eigenvalue weighted by Crippen LogP contribution is 2.26. The Morgan fingerprint density at radius 2 is 1.36 bits per heavy atom. The zero-order valence-electron chi connectivity index (χ0n) is 17.1. The third-order valence-electron chi connectivity index (χ3n) is 5.18. The lowest BCUT2D eigenvalue weighted by atomic mass is 10.1. The Bertz CT molecular complexity index is 681. The smallest absolute Gasteiger partial charge is 0.160 e. The zero-order chi connectivity index (χ0) is 20.1. The van der Waals surface area contributed by atoms with Gasteiger partial charge in [-0.2, -0.15) is 0 Å². The van der Waals surface area contributed by atoms with Crippen LogP contribution in [0.1, 0.15) is 25.0 Å². The van der Waals surface area contributed by atoms with Crippen LogP contribution in [0.3, 0.4) is 0 Å². The fourth-order valence-electron chi connectivity index (χ4n) is 3.28. The summed E-state index contributed by atoms with van der Waals surface area (Å²) in [4.78, 5) is 2.36. The van der Waals surface area contributed by atoms with Gasteiger partial charge in [0, 0.05) is 30.5 Å². The summed E-state index contributed by atoms with van der Waals surface area (Å²) in [5.41, 5.74) is 2.26. The number of nitrogens with zero attached hydrogens (tertiary/aromatic N) is 2. The molecule has 1 saturated heterocycles. The molecule has 0 aliphatic carbocycles. The lowest BCUT2D eigenvalue weighted by molar-refractivity contribution is 0.138. The van der Waals surface area contributed by atoms with Gasteiger partial charge in [0.05, 0.1) is 27.3 Å². The van der Waals surface area contributed by atoms with Gasteiger partial charge in [0.2, 0.25) is 0 Å². The minimum atomic E-state index is -1.04. The van der Waals surface area contributed by atoms with Crippen molar-refractivity contribution in [3.8, 4) is 11.5 Å². The van der Waals surface area contributed by atoms with Crippen molar-refractivity contribution in [2.45, 2.75) is 38.2 Å². The van der Waals surface area contributed by atoms with E-state index in [0.717, 1.165) is 35.7 Å². The van der Waals surface area contributed by atoms with Gasteiger partial charge in [-0.15, -0.1) is 4.31 Å². The minimum Gasteiger partial charge on any atom is -0.598 e. The van der Waals surface area contributed by atoms with Gasteiger partial charge in [-0.1, -0.05) is 24.3 Å². The summed E-state index contributed by atoms with van der Waals surface area (Å²) < 4.78 is 25.9. The maximum absolute atomic E-state index is 13.3. The van der Waals surface area contributed by atoms with Crippen molar-refractivity contribution >= 4 is 11.4 Å². The normalized spacial score (nSPS) is 16.2. The number of hydrogen-bond acceptors (Lipinski definition) is 5. The van der Waals surface area contributed by atoms with E-state index >= 15 is 0 Å². The van der Waals surface area contributed by atoms with Crippen LogP contribution < -0.4 is 9.47 Å². The number of methoxy groups -OCH3 is 2. The molecule has 2 aromatic carbocycles. The van der Waals surface area contributed by atoms with Gasteiger partial charge >= 0.3 is 0 Å². The average molecular weight is 403 g/mol. The molecule has 0 aromatic heterocycles. The van der Waals surface area contributed by atoms with Gasteiger partial charge in [0.1, 0.15) is 11.5 Å². The number of likely N-dealkylation sites (tertiary alicyclic amines) is 1. The standard InChI is InChI=1S/C22H30N2O3S/c1-17(2)23-15-22(16-23)28(25)24(13-18-5-9-20(26-3)10-6-18)14-19-7-11-21(27-4)12-8-19/h5-12,17,22H,13-16H2,1-4H3. The topological polar surface area (TPSA) is 48.0 Å². The molecule has 0 radical (unpaired) electrons. The largest absolute Gasteiger partial charge is 0.598 e. The first-order valence-corrected chi connectivity index (χ1v) is 10.8. The molecule has 0 amide bonds. The van der Waals surface area contributed by atoms with Crippen molar-refractivity contribution in [3.63, 3.8) is 0 Å². The maximum Gasteiger partial charge on any atom is 0.160 e. The van der Waals surface area contributed by atoms with E-state index in [1.54, 1.807) is 14.2 Å². The molecule has 152 valence electrons. The Balaban J connectivity index is 1.72. The summed E-state index contributed by atoms with van der Waals surface area (Å²) in [6.07, 6.45) is 0. The van der Waals surface area contributed by atoms with E-state index in [-0.39, 0.29) is 5.25 Å². The van der Waals surface area contributed by atoms with Crippen molar-refractivity contribution < 1.29 is 14.0 Å². The molecule has 0 bridgehead atoms. The summed E-state index contributed by atoms with van der Waals surface area (Å²) in [6.45, 7) is 7.44. The molecule has 1 aliphatic rings.